The van der Waals surface area contributed by atoms with Gasteiger partial charge in [0.25, 0.3) is 0 Å². The van der Waals surface area contributed by atoms with E-state index in [4.69, 9.17) is 4.74 Å². The molecule has 3 heterocycles. The number of anilines is 1. The summed E-state index contributed by atoms with van der Waals surface area (Å²) in [5, 5.41) is 10.6. The van der Waals surface area contributed by atoms with Gasteiger partial charge in [-0.25, -0.2) is 4.98 Å². The molecule has 0 unspecified atom stereocenters. The zero-order valence-corrected chi connectivity index (χ0v) is 17.1. The van der Waals surface area contributed by atoms with Crippen LogP contribution in [0.4, 0.5) is 5.82 Å². The lowest BCUT2D eigenvalue weighted by Crippen LogP contribution is -2.10. The van der Waals surface area contributed by atoms with Crippen molar-refractivity contribution in [2.75, 3.05) is 11.9 Å². The third-order valence-corrected chi connectivity index (χ3v) is 5.93. The van der Waals surface area contributed by atoms with E-state index in [0.29, 0.717) is 6.54 Å². The first-order valence-electron chi connectivity index (χ1n) is 10.7. The van der Waals surface area contributed by atoms with Crippen molar-refractivity contribution in [3.05, 3.63) is 90.3 Å². The number of hydrogen-bond acceptors (Lipinski definition) is 4. The van der Waals surface area contributed by atoms with Crippen molar-refractivity contribution in [3.63, 3.8) is 0 Å². The topological polar surface area (TPSA) is 51.5 Å². The molecule has 0 amide bonds. The highest BCUT2D eigenvalue weighted by Crippen LogP contribution is 2.32. The SMILES string of the molecule is c1ccc2c(-c3cnn4c(NCc5ccc6c(c5)OCCC6)ccnc34)cccc2c1. The zero-order chi connectivity index (χ0) is 20.6. The average Bonchev–Trinajstić information content (AvgIpc) is 3.27. The predicted molar refractivity (Wildman–Crippen MR) is 124 cm³/mol. The van der Waals surface area contributed by atoms with Crippen LogP contribution in [0.2, 0.25) is 0 Å². The Morgan fingerprint density at radius 1 is 0.968 bits per heavy atom. The summed E-state index contributed by atoms with van der Waals surface area (Å²) >= 11 is 0. The van der Waals surface area contributed by atoms with E-state index in [1.165, 1.54) is 21.9 Å². The molecule has 5 heteroatoms. The molecule has 0 radical (unpaired) electrons. The quantitative estimate of drug-likeness (QED) is 0.429. The molecule has 3 aromatic carbocycles. The second kappa shape index (κ2) is 7.43. The number of ether oxygens (including phenoxy) is 1. The molecule has 6 rings (SSSR count). The van der Waals surface area contributed by atoms with Crippen molar-refractivity contribution in [3.8, 4) is 16.9 Å². The second-order valence-corrected chi connectivity index (χ2v) is 7.90. The molecule has 0 bridgehead atoms. The summed E-state index contributed by atoms with van der Waals surface area (Å²) in [7, 11) is 0. The molecule has 0 saturated carbocycles. The Labute approximate surface area is 180 Å². The van der Waals surface area contributed by atoms with Gasteiger partial charge in [-0.15, -0.1) is 0 Å². The van der Waals surface area contributed by atoms with Crippen LogP contribution in [0.3, 0.4) is 0 Å². The Morgan fingerprint density at radius 2 is 1.90 bits per heavy atom. The van der Waals surface area contributed by atoms with Crippen LogP contribution in [-0.4, -0.2) is 21.2 Å². The first kappa shape index (κ1) is 18.0. The third-order valence-electron chi connectivity index (χ3n) is 5.93. The normalized spacial score (nSPS) is 13.2. The van der Waals surface area contributed by atoms with Gasteiger partial charge in [0.1, 0.15) is 11.6 Å². The summed E-state index contributed by atoms with van der Waals surface area (Å²) in [5.41, 5.74) is 5.50. The van der Waals surface area contributed by atoms with Gasteiger partial charge in [0.15, 0.2) is 5.65 Å². The van der Waals surface area contributed by atoms with Crippen LogP contribution in [0.1, 0.15) is 17.5 Å². The van der Waals surface area contributed by atoms with Crippen LogP contribution in [0.5, 0.6) is 5.75 Å². The molecule has 0 fully saturated rings. The minimum atomic E-state index is 0.694. The van der Waals surface area contributed by atoms with Crippen molar-refractivity contribution >= 4 is 22.2 Å². The number of aryl methyl sites for hydroxylation is 1. The maximum atomic E-state index is 5.82. The van der Waals surface area contributed by atoms with Crippen molar-refractivity contribution in [1.29, 1.82) is 0 Å². The van der Waals surface area contributed by atoms with Crippen LogP contribution >= 0.6 is 0 Å². The Kier molecular flexibility index (Phi) is 4.31. The number of fused-ring (bicyclic) bond motifs is 3. The number of aromatic nitrogens is 3. The third kappa shape index (κ3) is 3.19. The number of nitrogens with one attached hydrogen (secondary N) is 1. The van der Waals surface area contributed by atoms with Crippen molar-refractivity contribution < 1.29 is 4.74 Å². The number of nitrogens with zero attached hydrogens (tertiary/aromatic N) is 3. The first-order chi connectivity index (χ1) is 15.4. The highest BCUT2D eigenvalue weighted by atomic mass is 16.5. The Hall–Kier alpha value is -3.86. The minimum absolute atomic E-state index is 0.694. The van der Waals surface area contributed by atoms with Crippen LogP contribution in [-0.2, 0) is 13.0 Å². The largest absolute Gasteiger partial charge is 0.493 e. The highest BCUT2D eigenvalue weighted by molar-refractivity contribution is 5.99. The first-order valence-corrected chi connectivity index (χ1v) is 10.7. The summed E-state index contributed by atoms with van der Waals surface area (Å²) in [6.45, 7) is 1.50. The van der Waals surface area contributed by atoms with E-state index in [-0.39, 0.29) is 0 Å². The van der Waals surface area contributed by atoms with E-state index in [2.05, 4.69) is 76.1 Å². The standard InChI is InChI=1S/C26H22N4O/c1-2-8-21-19(5-1)6-3-9-22(21)23-17-29-30-25(12-13-27-26(23)30)28-16-18-10-11-20-7-4-14-31-24(20)15-18/h1-3,5-6,8-13,15,17,28H,4,7,14,16H2. The van der Waals surface area contributed by atoms with E-state index in [1.54, 1.807) is 0 Å². The lowest BCUT2D eigenvalue weighted by Gasteiger charge is -2.18. The van der Waals surface area contributed by atoms with Crippen molar-refractivity contribution in [2.45, 2.75) is 19.4 Å². The monoisotopic (exact) mass is 406 g/mol. The van der Waals surface area contributed by atoms with E-state index >= 15 is 0 Å². The summed E-state index contributed by atoms with van der Waals surface area (Å²) in [5.74, 6) is 1.93. The van der Waals surface area contributed by atoms with Crippen LogP contribution in [0, 0.1) is 0 Å². The Morgan fingerprint density at radius 3 is 2.90 bits per heavy atom. The molecule has 2 aromatic heterocycles. The fourth-order valence-corrected chi connectivity index (χ4v) is 4.36. The second-order valence-electron chi connectivity index (χ2n) is 7.90. The number of rotatable bonds is 4. The molecule has 1 aliphatic heterocycles. The van der Waals surface area contributed by atoms with Crippen LogP contribution in [0.25, 0.3) is 27.5 Å². The smallest absolute Gasteiger partial charge is 0.165 e. The van der Waals surface area contributed by atoms with E-state index in [1.807, 2.05) is 23.0 Å². The molecule has 1 aliphatic rings. The van der Waals surface area contributed by atoms with E-state index < -0.39 is 0 Å². The predicted octanol–water partition coefficient (Wildman–Crippen LogP) is 5.49. The minimum Gasteiger partial charge on any atom is -0.493 e. The molecule has 0 saturated heterocycles. The van der Waals surface area contributed by atoms with Crippen molar-refractivity contribution in [1.82, 2.24) is 14.6 Å². The molecular weight excluding hydrogens is 384 g/mol. The summed E-state index contributed by atoms with van der Waals surface area (Å²) in [6, 6.07) is 23.2. The summed E-state index contributed by atoms with van der Waals surface area (Å²) in [6.07, 6.45) is 5.93. The molecule has 1 N–H and O–H groups in total. The fourth-order valence-electron chi connectivity index (χ4n) is 4.36. The Bertz CT molecular complexity index is 1400. The van der Waals surface area contributed by atoms with Crippen LogP contribution in [0.15, 0.2) is 79.1 Å². The molecule has 0 spiro atoms. The van der Waals surface area contributed by atoms with E-state index in [0.717, 1.165) is 47.8 Å². The van der Waals surface area contributed by atoms with E-state index in [9.17, 15) is 0 Å². The van der Waals surface area contributed by atoms with Gasteiger partial charge >= 0.3 is 0 Å². The van der Waals surface area contributed by atoms with Crippen LogP contribution < -0.4 is 10.1 Å². The average molecular weight is 406 g/mol. The molecule has 5 aromatic rings. The molecule has 31 heavy (non-hydrogen) atoms. The fraction of sp³-hybridized carbons (Fsp3) is 0.154. The van der Waals surface area contributed by atoms with Crippen molar-refractivity contribution in [2.24, 2.45) is 0 Å². The van der Waals surface area contributed by atoms with Gasteiger partial charge in [0.2, 0.25) is 0 Å². The summed E-state index contributed by atoms with van der Waals surface area (Å²) < 4.78 is 7.70. The molecule has 5 nitrogen and oxygen atoms in total. The van der Waals surface area contributed by atoms with Gasteiger partial charge in [-0.2, -0.15) is 9.61 Å². The van der Waals surface area contributed by atoms with Gasteiger partial charge in [-0.3, -0.25) is 0 Å². The highest BCUT2D eigenvalue weighted by Gasteiger charge is 2.14. The van der Waals surface area contributed by atoms with Gasteiger partial charge in [0, 0.05) is 18.3 Å². The lowest BCUT2D eigenvalue weighted by molar-refractivity contribution is 0.288. The lowest BCUT2D eigenvalue weighted by atomic mass is 10.0. The number of benzene rings is 3. The molecule has 0 aliphatic carbocycles. The molecular formula is C26H22N4O. The van der Waals surface area contributed by atoms with Gasteiger partial charge in [-0.05, 0) is 52.4 Å². The summed E-state index contributed by atoms with van der Waals surface area (Å²) in [4.78, 5) is 4.64. The molecule has 152 valence electrons. The van der Waals surface area contributed by atoms with Gasteiger partial charge in [0.05, 0.1) is 12.8 Å². The van der Waals surface area contributed by atoms with Gasteiger partial charge in [-0.1, -0.05) is 54.6 Å². The Balaban J connectivity index is 1.34. The van der Waals surface area contributed by atoms with Gasteiger partial charge < -0.3 is 10.1 Å². The molecule has 0 atom stereocenters. The maximum Gasteiger partial charge on any atom is 0.165 e. The maximum absolute atomic E-state index is 5.82. The number of hydrogen-bond donors (Lipinski definition) is 1. The zero-order valence-electron chi connectivity index (χ0n) is 17.1.